The van der Waals surface area contributed by atoms with Crippen molar-refractivity contribution in [3.63, 3.8) is 0 Å². The number of nitrogens with zero attached hydrogens (tertiary/aromatic N) is 2. The number of hydrogen-bond acceptors (Lipinski definition) is 3. The largest absolute Gasteiger partial charge is 0.373 e. The number of rotatable bonds is 1. The number of piperidine rings is 1. The number of nitrogens with two attached hydrogens (primary N) is 1. The van der Waals surface area contributed by atoms with Crippen LogP contribution in [0.5, 0.6) is 0 Å². The van der Waals surface area contributed by atoms with Gasteiger partial charge in [0.2, 0.25) is 0 Å². The summed E-state index contributed by atoms with van der Waals surface area (Å²) in [6, 6.07) is 0.136. The van der Waals surface area contributed by atoms with Gasteiger partial charge in [0, 0.05) is 25.7 Å². The molecule has 2 amide bonds. The zero-order valence-electron chi connectivity index (χ0n) is 11.5. The van der Waals surface area contributed by atoms with E-state index in [2.05, 4.69) is 6.92 Å². The van der Waals surface area contributed by atoms with Crippen molar-refractivity contribution in [2.45, 2.75) is 38.8 Å². The molecule has 104 valence electrons. The number of urea groups is 1. The average Bonchev–Trinajstić information content (AvgIpc) is 2.38. The fourth-order valence-electron chi connectivity index (χ4n) is 2.73. The molecule has 2 fully saturated rings. The van der Waals surface area contributed by atoms with E-state index in [-0.39, 0.29) is 18.2 Å². The summed E-state index contributed by atoms with van der Waals surface area (Å²) in [5.74, 6) is 0.618. The quantitative estimate of drug-likeness (QED) is 0.757. The maximum absolute atomic E-state index is 12.4. The monoisotopic (exact) mass is 255 g/mol. The second-order valence-electron chi connectivity index (χ2n) is 5.69. The van der Waals surface area contributed by atoms with Crippen molar-refractivity contribution in [1.29, 1.82) is 0 Å². The Hall–Kier alpha value is -0.810. The second kappa shape index (κ2) is 5.89. The third kappa shape index (κ3) is 3.14. The number of likely N-dealkylation sites (tertiary alicyclic amines) is 1. The Morgan fingerprint density at radius 1 is 1.33 bits per heavy atom. The van der Waals surface area contributed by atoms with Gasteiger partial charge in [-0.3, -0.25) is 0 Å². The molecule has 0 aromatic rings. The summed E-state index contributed by atoms with van der Waals surface area (Å²) in [5, 5.41) is 0. The highest BCUT2D eigenvalue weighted by molar-refractivity contribution is 5.74. The van der Waals surface area contributed by atoms with Crippen molar-refractivity contribution >= 4 is 6.03 Å². The second-order valence-corrected chi connectivity index (χ2v) is 5.69. The normalized spacial score (nSPS) is 31.3. The molecule has 0 spiro atoms. The van der Waals surface area contributed by atoms with Crippen molar-refractivity contribution in [1.82, 2.24) is 9.80 Å². The molecular formula is C13H25N3O2. The highest BCUT2D eigenvalue weighted by Gasteiger charge is 2.30. The van der Waals surface area contributed by atoms with Gasteiger partial charge in [-0.1, -0.05) is 6.92 Å². The van der Waals surface area contributed by atoms with Gasteiger partial charge in [0.1, 0.15) is 0 Å². The average molecular weight is 255 g/mol. The van der Waals surface area contributed by atoms with E-state index < -0.39 is 0 Å². The van der Waals surface area contributed by atoms with Gasteiger partial charge in [-0.05, 0) is 25.7 Å². The SMILES string of the molecule is CC1CCCN(C(=O)N2CCOC(C(C)N)C2)C1. The Kier molecular flexibility index (Phi) is 4.45. The maximum atomic E-state index is 12.4. The third-order valence-electron chi connectivity index (χ3n) is 3.88. The van der Waals surface area contributed by atoms with Gasteiger partial charge in [-0.15, -0.1) is 0 Å². The van der Waals surface area contributed by atoms with Crippen LogP contribution in [0, 0.1) is 5.92 Å². The van der Waals surface area contributed by atoms with Gasteiger partial charge in [0.25, 0.3) is 0 Å². The number of carbonyl (C=O) groups excluding carboxylic acids is 1. The molecule has 2 heterocycles. The summed E-state index contributed by atoms with van der Waals surface area (Å²) in [7, 11) is 0. The Balaban J connectivity index is 1.91. The summed E-state index contributed by atoms with van der Waals surface area (Å²) >= 11 is 0. The lowest BCUT2D eigenvalue weighted by Gasteiger charge is -2.39. The van der Waals surface area contributed by atoms with Crippen LogP contribution in [0.15, 0.2) is 0 Å². The fourth-order valence-corrected chi connectivity index (χ4v) is 2.73. The van der Waals surface area contributed by atoms with Crippen LogP contribution in [0.1, 0.15) is 26.7 Å². The molecule has 0 bridgehead atoms. The minimum absolute atomic E-state index is 0.0232. The fraction of sp³-hybridized carbons (Fsp3) is 0.923. The predicted molar refractivity (Wildman–Crippen MR) is 70.3 cm³/mol. The first kappa shape index (κ1) is 13.6. The van der Waals surface area contributed by atoms with Crippen molar-refractivity contribution < 1.29 is 9.53 Å². The zero-order valence-corrected chi connectivity index (χ0v) is 11.5. The van der Waals surface area contributed by atoms with Crippen LogP contribution in [-0.2, 0) is 4.74 Å². The molecular weight excluding hydrogens is 230 g/mol. The van der Waals surface area contributed by atoms with Crippen LogP contribution in [0.2, 0.25) is 0 Å². The first-order chi connectivity index (χ1) is 8.58. The number of ether oxygens (including phenoxy) is 1. The van der Waals surface area contributed by atoms with E-state index in [0.717, 1.165) is 19.5 Å². The predicted octanol–water partition coefficient (Wildman–Crippen LogP) is 0.886. The molecule has 18 heavy (non-hydrogen) atoms. The van der Waals surface area contributed by atoms with Gasteiger partial charge in [-0.25, -0.2) is 4.79 Å². The van der Waals surface area contributed by atoms with Crippen LogP contribution in [-0.4, -0.2) is 60.8 Å². The summed E-state index contributed by atoms with van der Waals surface area (Å²) in [4.78, 5) is 16.3. The smallest absolute Gasteiger partial charge is 0.320 e. The van der Waals surface area contributed by atoms with Gasteiger partial charge < -0.3 is 20.3 Å². The van der Waals surface area contributed by atoms with Crippen LogP contribution in [0.25, 0.3) is 0 Å². The Bertz CT molecular complexity index is 296. The van der Waals surface area contributed by atoms with Gasteiger partial charge in [-0.2, -0.15) is 0 Å². The van der Waals surface area contributed by atoms with Crippen LogP contribution in [0.3, 0.4) is 0 Å². The van der Waals surface area contributed by atoms with Gasteiger partial charge >= 0.3 is 6.03 Å². The molecule has 0 aromatic carbocycles. The minimum atomic E-state index is -0.0270. The van der Waals surface area contributed by atoms with Crippen LogP contribution >= 0.6 is 0 Å². The molecule has 2 N–H and O–H groups in total. The van der Waals surface area contributed by atoms with Gasteiger partial charge in [0.15, 0.2) is 0 Å². The molecule has 0 aliphatic carbocycles. The van der Waals surface area contributed by atoms with E-state index >= 15 is 0 Å². The van der Waals surface area contributed by atoms with Crippen molar-refractivity contribution in [2.24, 2.45) is 11.7 Å². The Labute approximate surface area is 109 Å². The maximum Gasteiger partial charge on any atom is 0.320 e. The molecule has 0 saturated carbocycles. The third-order valence-corrected chi connectivity index (χ3v) is 3.88. The van der Waals surface area contributed by atoms with Crippen LogP contribution < -0.4 is 5.73 Å². The van der Waals surface area contributed by atoms with Gasteiger partial charge in [0.05, 0.1) is 19.3 Å². The van der Waals surface area contributed by atoms with E-state index in [1.807, 2.05) is 16.7 Å². The van der Waals surface area contributed by atoms with Crippen LogP contribution in [0.4, 0.5) is 4.79 Å². The molecule has 2 aliphatic rings. The summed E-state index contributed by atoms with van der Waals surface area (Å²) in [5.41, 5.74) is 5.85. The molecule has 0 aromatic heterocycles. The molecule has 2 saturated heterocycles. The van der Waals surface area contributed by atoms with E-state index in [9.17, 15) is 4.79 Å². The highest BCUT2D eigenvalue weighted by Crippen LogP contribution is 2.18. The first-order valence-electron chi connectivity index (χ1n) is 6.99. The van der Waals surface area contributed by atoms with Crippen molar-refractivity contribution in [3.05, 3.63) is 0 Å². The standard InChI is InChI=1S/C13H25N3O2/c1-10-4-3-5-15(8-10)13(17)16-6-7-18-12(9-16)11(2)14/h10-12H,3-9,14H2,1-2H3. The minimum Gasteiger partial charge on any atom is -0.373 e. The summed E-state index contributed by atoms with van der Waals surface area (Å²) in [6.07, 6.45) is 2.33. The molecule has 5 heteroatoms. The molecule has 2 rings (SSSR count). The lowest BCUT2D eigenvalue weighted by Crippen LogP contribution is -2.55. The number of carbonyl (C=O) groups is 1. The molecule has 3 unspecified atom stereocenters. The number of hydrogen-bond donors (Lipinski definition) is 1. The number of morpholine rings is 1. The molecule has 2 aliphatic heterocycles. The lowest BCUT2D eigenvalue weighted by atomic mass is 10.0. The summed E-state index contributed by atoms with van der Waals surface area (Å²) < 4.78 is 5.59. The Morgan fingerprint density at radius 3 is 2.72 bits per heavy atom. The summed E-state index contributed by atoms with van der Waals surface area (Å²) in [6.45, 7) is 7.84. The van der Waals surface area contributed by atoms with E-state index in [4.69, 9.17) is 10.5 Å². The first-order valence-corrected chi connectivity index (χ1v) is 6.99. The molecule has 0 radical (unpaired) electrons. The van der Waals surface area contributed by atoms with Crippen molar-refractivity contribution in [2.75, 3.05) is 32.8 Å². The van der Waals surface area contributed by atoms with E-state index in [1.54, 1.807) is 0 Å². The molecule has 5 nitrogen and oxygen atoms in total. The van der Waals surface area contributed by atoms with E-state index in [1.165, 1.54) is 6.42 Å². The Morgan fingerprint density at radius 2 is 2.06 bits per heavy atom. The molecule has 3 atom stereocenters. The van der Waals surface area contributed by atoms with Crippen molar-refractivity contribution in [3.8, 4) is 0 Å². The highest BCUT2D eigenvalue weighted by atomic mass is 16.5. The topological polar surface area (TPSA) is 58.8 Å². The van der Waals surface area contributed by atoms with E-state index in [0.29, 0.717) is 25.6 Å². The zero-order chi connectivity index (χ0) is 13.1. The lowest BCUT2D eigenvalue weighted by molar-refractivity contribution is -0.0295. The number of amides is 2.